The Morgan fingerprint density at radius 3 is 2.90 bits per heavy atom. The van der Waals surface area contributed by atoms with Gasteiger partial charge in [0.05, 0.1) is 5.69 Å². The van der Waals surface area contributed by atoms with Crippen LogP contribution in [0.5, 0.6) is 0 Å². The highest BCUT2D eigenvalue weighted by Gasteiger charge is 2.02. The molecule has 0 bridgehead atoms. The number of hydrogen-bond acceptors (Lipinski definition) is 3. The number of aliphatic carboxylic acids is 1. The van der Waals surface area contributed by atoms with Crippen molar-refractivity contribution in [2.24, 2.45) is 0 Å². The minimum absolute atomic E-state index is 0.408. The zero-order valence-corrected chi connectivity index (χ0v) is 11.0. The first kappa shape index (κ1) is 13.8. The number of carboxylic acids is 1. The highest BCUT2D eigenvalue weighted by Crippen LogP contribution is 2.07. The lowest BCUT2D eigenvalue weighted by molar-refractivity contribution is -0.131. The molecule has 0 saturated carbocycles. The molecular weight excluding hydrogens is 258 g/mol. The summed E-state index contributed by atoms with van der Waals surface area (Å²) in [6.07, 6.45) is 6.30. The van der Waals surface area contributed by atoms with Crippen molar-refractivity contribution in [2.75, 3.05) is 6.54 Å². The van der Waals surface area contributed by atoms with E-state index in [-0.39, 0.29) is 0 Å². The number of carbonyl (C=O) groups is 2. The third kappa shape index (κ3) is 3.68. The Bertz CT molecular complexity index is 673. The Morgan fingerprint density at radius 2 is 2.15 bits per heavy atom. The third-order valence-corrected chi connectivity index (χ3v) is 2.71. The highest BCUT2D eigenvalue weighted by atomic mass is 16.4. The maximum atomic E-state index is 11.3. The molecule has 0 fully saturated rings. The summed E-state index contributed by atoms with van der Waals surface area (Å²) in [5.41, 5.74) is 2.88. The fourth-order valence-corrected chi connectivity index (χ4v) is 1.80. The largest absolute Gasteiger partial charge is 0.478 e. The van der Waals surface area contributed by atoms with Crippen molar-refractivity contribution in [1.29, 1.82) is 0 Å². The summed E-state index contributed by atoms with van der Waals surface area (Å²) in [5.74, 6) is -1.57. The molecule has 2 rings (SSSR count). The van der Waals surface area contributed by atoms with E-state index in [2.05, 4.69) is 10.3 Å². The lowest BCUT2D eigenvalue weighted by Crippen LogP contribution is -2.23. The van der Waals surface area contributed by atoms with E-state index in [0.717, 1.165) is 29.1 Å². The minimum atomic E-state index is -1.14. The van der Waals surface area contributed by atoms with E-state index in [1.807, 2.05) is 35.9 Å². The first-order chi connectivity index (χ1) is 9.54. The number of carbonyl (C=O) groups excluding carboxylic acids is 1. The SMILES string of the molecule is Cc1ccc2nc(CCNC(=O)/C=C/C(=O)O)cn2c1. The number of carboxylic acid groups (broad SMARTS) is 1. The van der Waals surface area contributed by atoms with E-state index < -0.39 is 11.9 Å². The summed E-state index contributed by atoms with van der Waals surface area (Å²) in [6.45, 7) is 2.42. The number of hydrogen-bond donors (Lipinski definition) is 2. The highest BCUT2D eigenvalue weighted by molar-refractivity contribution is 5.93. The fraction of sp³-hybridized carbons (Fsp3) is 0.214. The molecule has 20 heavy (non-hydrogen) atoms. The van der Waals surface area contributed by atoms with Crippen LogP contribution in [0.15, 0.2) is 36.7 Å². The molecule has 2 aromatic heterocycles. The minimum Gasteiger partial charge on any atom is -0.478 e. The first-order valence-electron chi connectivity index (χ1n) is 6.17. The molecule has 6 nitrogen and oxygen atoms in total. The number of amides is 1. The van der Waals surface area contributed by atoms with Crippen LogP contribution < -0.4 is 5.32 Å². The van der Waals surface area contributed by atoms with E-state index in [4.69, 9.17) is 5.11 Å². The molecule has 0 saturated heterocycles. The number of pyridine rings is 1. The van der Waals surface area contributed by atoms with E-state index in [1.54, 1.807) is 0 Å². The molecular formula is C14H15N3O3. The van der Waals surface area contributed by atoms with Gasteiger partial charge in [0.2, 0.25) is 5.91 Å². The smallest absolute Gasteiger partial charge is 0.328 e. The number of nitrogens with one attached hydrogen (secondary N) is 1. The molecule has 0 radical (unpaired) electrons. The van der Waals surface area contributed by atoms with Gasteiger partial charge in [-0.2, -0.15) is 0 Å². The van der Waals surface area contributed by atoms with Crippen LogP contribution in [0, 0.1) is 6.92 Å². The summed E-state index contributed by atoms with van der Waals surface area (Å²) in [7, 11) is 0. The molecule has 2 aromatic rings. The number of aromatic nitrogens is 2. The van der Waals surface area contributed by atoms with Gasteiger partial charge in [-0.3, -0.25) is 4.79 Å². The molecule has 2 N–H and O–H groups in total. The summed E-state index contributed by atoms with van der Waals surface area (Å²) in [4.78, 5) is 25.9. The Kier molecular flexibility index (Phi) is 4.14. The monoisotopic (exact) mass is 273 g/mol. The van der Waals surface area contributed by atoms with Gasteiger partial charge in [0.15, 0.2) is 0 Å². The third-order valence-electron chi connectivity index (χ3n) is 2.71. The molecule has 0 aliphatic heterocycles. The summed E-state index contributed by atoms with van der Waals surface area (Å²) in [6, 6.07) is 3.93. The van der Waals surface area contributed by atoms with Crippen molar-refractivity contribution in [1.82, 2.24) is 14.7 Å². The van der Waals surface area contributed by atoms with Gasteiger partial charge in [0, 0.05) is 37.5 Å². The van der Waals surface area contributed by atoms with Crippen molar-refractivity contribution < 1.29 is 14.7 Å². The molecule has 104 valence electrons. The summed E-state index contributed by atoms with van der Waals surface area (Å²) < 4.78 is 1.94. The molecule has 0 aliphatic rings. The average Bonchev–Trinajstić information content (AvgIpc) is 2.78. The second kappa shape index (κ2) is 6.01. The van der Waals surface area contributed by atoms with Crippen molar-refractivity contribution in [3.63, 3.8) is 0 Å². The molecule has 0 aromatic carbocycles. The lowest BCUT2D eigenvalue weighted by atomic mass is 10.3. The van der Waals surface area contributed by atoms with Crippen LogP contribution in [0.2, 0.25) is 0 Å². The number of aryl methyl sites for hydroxylation is 1. The van der Waals surface area contributed by atoms with Gasteiger partial charge in [-0.15, -0.1) is 0 Å². The van der Waals surface area contributed by atoms with Gasteiger partial charge < -0.3 is 14.8 Å². The van der Waals surface area contributed by atoms with Crippen LogP contribution in [-0.4, -0.2) is 32.9 Å². The zero-order chi connectivity index (χ0) is 14.5. The molecule has 6 heteroatoms. The van der Waals surface area contributed by atoms with Gasteiger partial charge in [-0.1, -0.05) is 6.07 Å². The Hall–Kier alpha value is -2.63. The number of fused-ring (bicyclic) bond motifs is 1. The molecule has 2 heterocycles. The number of nitrogens with zero attached hydrogens (tertiary/aromatic N) is 2. The maximum Gasteiger partial charge on any atom is 0.328 e. The Morgan fingerprint density at radius 1 is 1.35 bits per heavy atom. The van der Waals surface area contributed by atoms with Gasteiger partial charge in [-0.05, 0) is 18.6 Å². The molecule has 0 atom stereocenters. The van der Waals surface area contributed by atoms with E-state index >= 15 is 0 Å². The summed E-state index contributed by atoms with van der Waals surface area (Å²) in [5, 5.41) is 11.0. The van der Waals surface area contributed by atoms with Crippen LogP contribution in [0.1, 0.15) is 11.3 Å². The Balaban J connectivity index is 1.90. The molecule has 0 spiro atoms. The first-order valence-corrected chi connectivity index (χ1v) is 6.17. The van der Waals surface area contributed by atoms with E-state index in [9.17, 15) is 9.59 Å². The zero-order valence-electron chi connectivity index (χ0n) is 11.0. The second-order valence-electron chi connectivity index (χ2n) is 4.42. The van der Waals surface area contributed by atoms with Crippen molar-refractivity contribution >= 4 is 17.5 Å². The number of rotatable bonds is 5. The van der Waals surface area contributed by atoms with Crippen molar-refractivity contribution in [3.8, 4) is 0 Å². The van der Waals surface area contributed by atoms with Crippen molar-refractivity contribution in [2.45, 2.75) is 13.3 Å². The molecule has 1 amide bonds. The van der Waals surface area contributed by atoms with Gasteiger partial charge >= 0.3 is 5.97 Å². The number of imidazole rings is 1. The van der Waals surface area contributed by atoms with Gasteiger partial charge in [0.1, 0.15) is 5.65 Å². The predicted molar refractivity (Wildman–Crippen MR) is 73.4 cm³/mol. The Labute approximate surface area is 115 Å². The van der Waals surface area contributed by atoms with E-state index in [1.165, 1.54) is 0 Å². The van der Waals surface area contributed by atoms with Crippen LogP contribution in [0.4, 0.5) is 0 Å². The van der Waals surface area contributed by atoms with Crippen LogP contribution >= 0.6 is 0 Å². The molecule has 0 aliphatic carbocycles. The standard InChI is InChI=1S/C14H15N3O3/c1-10-2-3-12-16-11(9-17(12)8-10)6-7-15-13(18)4-5-14(19)20/h2-5,8-9H,6-7H2,1H3,(H,15,18)(H,19,20)/b5-4+. The van der Waals surface area contributed by atoms with Crippen LogP contribution in [0.25, 0.3) is 5.65 Å². The van der Waals surface area contributed by atoms with E-state index in [0.29, 0.717) is 13.0 Å². The predicted octanol–water partition coefficient (Wildman–Crippen LogP) is 0.942. The van der Waals surface area contributed by atoms with Crippen LogP contribution in [0.3, 0.4) is 0 Å². The van der Waals surface area contributed by atoms with Gasteiger partial charge in [0.25, 0.3) is 0 Å². The molecule has 0 unspecified atom stereocenters. The summed E-state index contributed by atoms with van der Waals surface area (Å²) >= 11 is 0. The maximum absolute atomic E-state index is 11.3. The quantitative estimate of drug-likeness (QED) is 0.794. The van der Waals surface area contributed by atoms with Gasteiger partial charge in [-0.25, -0.2) is 9.78 Å². The van der Waals surface area contributed by atoms with Crippen molar-refractivity contribution in [3.05, 3.63) is 47.9 Å². The second-order valence-corrected chi connectivity index (χ2v) is 4.42. The fourth-order valence-electron chi connectivity index (χ4n) is 1.80. The topological polar surface area (TPSA) is 83.7 Å². The lowest BCUT2D eigenvalue weighted by Gasteiger charge is -1.98. The van der Waals surface area contributed by atoms with Crippen LogP contribution in [-0.2, 0) is 16.0 Å². The average molecular weight is 273 g/mol. The normalized spacial score (nSPS) is 11.1.